The third kappa shape index (κ3) is 3.17. The van der Waals surface area contributed by atoms with Crippen LogP contribution in [0.25, 0.3) is 0 Å². The highest BCUT2D eigenvalue weighted by Crippen LogP contribution is 2.38. The van der Waals surface area contributed by atoms with Crippen LogP contribution in [0.5, 0.6) is 11.5 Å². The van der Waals surface area contributed by atoms with Gasteiger partial charge < -0.3 is 24.3 Å². The van der Waals surface area contributed by atoms with Gasteiger partial charge in [-0.05, 0) is 49.1 Å². The summed E-state index contributed by atoms with van der Waals surface area (Å²) >= 11 is 0. The predicted octanol–water partition coefficient (Wildman–Crippen LogP) is 1.82. The molecule has 5 rings (SSSR count). The Labute approximate surface area is 179 Å². The smallest absolute Gasteiger partial charge is 0.263 e. The molecule has 0 unspecified atom stereocenters. The molecule has 1 saturated carbocycles. The molecule has 8 nitrogen and oxygen atoms in total. The zero-order valence-electron chi connectivity index (χ0n) is 17.5. The maximum absolute atomic E-state index is 13.6. The fraction of sp³-hybridized carbons (Fsp3) is 0.435. The predicted molar refractivity (Wildman–Crippen MR) is 112 cm³/mol. The van der Waals surface area contributed by atoms with E-state index in [2.05, 4.69) is 5.32 Å². The van der Waals surface area contributed by atoms with Crippen molar-refractivity contribution in [1.29, 1.82) is 0 Å². The Hall–Kier alpha value is -3.29. The van der Waals surface area contributed by atoms with Crippen LogP contribution in [0, 0.1) is 6.92 Å². The summed E-state index contributed by atoms with van der Waals surface area (Å²) in [4.78, 5) is 41.3. The van der Waals surface area contributed by atoms with E-state index in [4.69, 9.17) is 9.47 Å². The molecule has 1 N–H and O–H groups in total. The van der Waals surface area contributed by atoms with Crippen LogP contribution < -0.4 is 20.3 Å². The van der Waals surface area contributed by atoms with Crippen LogP contribution in [0.1, 0.15) is 47.2 Å². The van der Waals surface area contributed by atoms with E-state index in [0.29, 0.717) is 49.5 Å². The third-order valence-corrected chi connectivity index (χ3v) is 6.61. The summed E-state index contributed by atoms with van der Waals surface area (Å²) in [6.07, 6.45) is 4.79. The Morgan fingerprint density at radius 1 is 1.13 bits per heavy atom. The van der Waals surface area contributed by atoms with Gasteiger partial charge in [0.25, 0.3) is 11.5 Å². The van der Waals surface area contributed by atoms with E-state index in [0.717, 1.165) is 18.4 Å². The van der Waals surface area contributed by atoms with E-state index in [1.165, 1.54) is 4.57 Å². The van der Waals surface area contributed by atoms with Gasteiger partial charge in [-0.15, -0.1) is 0 Å². The number of aromatic nitrogens is 1. The number of ether oxygens (including phenoxy) is 2. The van der Waals surface area contributed by atoms with Crippen molar-refractivity contribution in [2.45, 2.75) is 44.7 Å². The average Bonchev–Trinajstić information content (AvgIpc) is 3.42. The van der Waals surface area contributed by atoms with Gasteiger partial charge >= 0.3 is 0 Å². The number of fused-ring (bicyclic) bond motifs is 1. The highest BCUT2D eigenvalue weighted by molar-refractivity contribution is 6.00. The van der Waals surface area contributed by atoms with Crippen molar-refractivity contribution in [3.8, 4) is 11.5 Å². The van der Waals surface area contributed by atoms with E-state index in [1.807, 2.05) is 18.2 Å². The maximum atomic E-state index is 13.6. The molecule has 3 aliphatic rings. The van der Waals surface area contributed by atoms with Gasteiger partial charge in [0.2, 0.25) is 12.7 Å². The van der Waals surface area contributed by atoms with Crippen molar-refractivity contribution < 1.29 is 19.1 Å². The van der Waals surface area contributed by atoms with Crippen molar-refractivity contribution in [2.24, 2.45) is 0 Å². The largest absolute Gasteiger partial charge is 0.454 e. The van der Waals surface area contributed by atoms with E-state index in [-0.39, 0.29) is 29.7 Å². The second kappa shape index (κ2) is 7.44. The van der Waals surface area contributed by atoms with Crippen molar-refractivity contribution in [1.82, 2.24) is 14.8 Å². The van der Waals surface area contributed by atoms with Crippen molar-refractivity contribution >= 4 is 11.8 Å². The molecule has 1 aliphatic carbocycles. The first-order valence-electron chi connectivity index (χ1n) is 10.7. The van der Waals surface area contributed by atoms with Gasteiger partial charge in [-0.3, -0.25) is 14.4 Å². The van der Waals surface area contributed by atoms with E-state index >= 15 is 0 Å². The second-order valence-electron chi connectivity index (χ2n) is 8.45. The molecule has 162 valence electrons. The fourth-order valence-corrected chi connectivity index (χ4v) is 4.96. The number of aryl methyl sites for hydroxylation is 1. The molecular formula is C23H25N3O5. The zero-order valence-corrected chi connectivity index (χ0v) is 17.5. The summed E-state index contributed by atoms with van der Waals surface area (Å²) in [5.41, 5.74) is 0.465. The molecule has 1 saturated heterocycles. The fourth-order valence-electron chi connectivity index (χ4n) is 4.96. The normalized spacial score (nSPS) is 19.0. The Morgan fingerprint density at radius 3 is 2.71 bits per heavy atom. The molecule has 0 radical (unpaired) electrons. The number of benzene rings is 1. The Balaban J connectivity index is 1.49. The molecule has 2 aliphatic heterocycles. The monoisotopic (exact) mass is 423 g/mol. The number of hydrogen-bond acceptors (Lipinski definition) is 5. The summed E-state index contributed by atoms with van der Waals surface area (Å²) in [7, 11) is 0. The standard InChI is InChI=1S/C23H25N3O5/c1-15-6-10-25(13-16-4-5-17-18(12-16)31-14-30-17)20(27)19(15)21(28)26-11-9-24-22(29)23(26)7-2-3-8-23/h4-6,10,12H,2-3,7-9,11,13-14H2,1H3,(H,24,29). The summed E-state index contributed by atoms with van der Waals surface area (Å²) in [6, 6.07) is 7.33. The lowest BCUT2D eigenvalue weighted by Gasteiger charge is -2.43. The second-order valence-corrected chi connectivity index (χ2v) is 8.45. The molecule has 31 heavy (non-hydrogen) atoms. The molecule has 1 spiro atoms. The number of rotatable bonds is 3. The van der Waals surface area contributed by atoms with Crippen molar-refractivity contribution in [2.75, 3.05) is 19.9 Å². The first-order chi connectivity index (χ1) is 15.0. The number of piperazine rings is 1. The summed E-state index contributed by atoms with van der Waals surface area (Å²) in [6.45, 7) is 3.09. The third-order valence-electron chi connectivity index (χ3n) is 6.61. The van der Waals surface area contributed by atoms with Crippen LogP contribution in [-0.2, 0) is 11.3 Å². The molecular weight excluding hydrogens is 398 g/mol. The molecule has 8 heteroatoms. The minimum Gasteiger partial charge on any atom is -0.454 e. The first-order valence-corrected chi connectivity index (χ1v) is 10.7. The topological polar surface area (TPSA) is 89.9 Å². The number of amides is 2. The minimum absolute atomic E-state index is 0.0983. The van der Waals surface area contributed by atoms with Gasteiger partial charge in [-0.25, -0.2) is 0 Å². The molecule has 3 heterocycles. The minimum atomic E-state index is -0.827. The van der Waals surface area contributed by atoms with Gasteiger partial charge in [0.05, 0.1) is 6.54 Å². The highest BCUT2D eigenvalue weighted by Gasteiger charge is 2.50. The molecule has 0 bridgehead atoms. The van der Waals surface area contributed by atoms with Gasteiger partial charge in [0.1, 0.15) is 11.1 Å². The summed E-state index contributed by atoms with van der Waals surface area (Å²) in [5, 5.41) is 2.91. The number of carbonyl (C=O) groups is 2. The van der Waals surface area contributed by atoms with Gasteiger partial charge in [0.15, 0.2) is 11.5 Å². The van der Waals surface area contributed by atoms with Crippen LogP contribution in [0.2, 0.25) is 0 Å². The molecule has 1 aromatic heterocycles. The Bertz CT molecular complexity index is 1120. The molecule has 1 aromatic carbocycles. The van der Waals surface area contributed by atoms with E-state index < -0.39 is 5.54 Å². The van der Waals surface area contributed by atoms with Gasteiger partial charge in [-0.2, -0.15) is 0 Å². The average molecular weight is 423 g/mol. The number of nitrogens with zero attached hydrogens (tertiary/aromatic N) is 2. The lowest BCUT2D eigenvalue weighted by molar-refractivity contribution is -0.134. The number of hydrogen-bond donors (Lipinski definition) is 1. The Morgan fingerprint density at radius 2 is 1.90 bits per heavy atom. The van der Waals surface area contributed by atoms with Gasteiger partial charge in [-0.1, -0.05) is 18.9 Å². The van der Waals surface area contributed by atoms with Crippen LogP contribution in [-0.4, -0.2) is 46.7 Å². The van der Waals surface area contributed by atoms with E-state index in [9.17, 15) is 14.4 Å². The molecule has 2 fully saturated rings. The van der Waals surface area contributed by atoms with Crippen molar-refractivity contribution in [3.05, 3.63) is 57.5 Å². The number of nitrogens with one attached hydrogen (secondary N) is 1. The lowest BCUT2D eigenvalue weighted by Crippen LogP contribution is -2.65. The van der Waals surface area contributed by atoms with Crippen LogP contribution in [0.3, 0.4) is 0 Å². The highest BCUT2D eigenvalue weighted by atomic mass is 16.7. The quantitative estimate of drug-likeness (QED) is 0.813. The number of pyridine rings is 1. The van der Waals surface area contributed by atoms with Crippen LogP contribution in [0.4, 0.5) is 0 Å². The first kappa shape index (κ1) is 19.7. The van der Waals surface area contributed by atoms with Gasteiger partial charge in [0, 0.05) is 19.3 Å². The van der Waals surface area contributed by atoms with Crippen LogP contribution in [0.15, 0.2) is 35.3 Å². The van der Waals surface area contributed by atoms with E-state index in [1.54, 1.807) is 24.1 Å². The van der Waals surface area contributed by atoms with Crippen molar-refractivity contribution in [3.63, 3.8) is 0 Å². The summed E-state index contributed by atoms with van der Waals surface area (Å²) in [5.74, 6) is 0.885. The number of carbonyl (C=O) groups excluding carboxylic acids is 2. The maximum Gasteiger partial charge on any atom is 0.263 e. The molecule has 0 atom stereocenters. The summed E-state index contributed by atoms with van der Waals surface area (Å²) < 4.78 is 12.3. The Kier molecular flexibility index (Phi) is 4.72. The molecule has 2 aromatic rings. The van der Waals surface area contributed by atoms with Crippen LogP contribution >= 0.6 is 0 Å². The SMILES string of the molecule is Cc1ccn(Cc2ccc3c(c2)OCO3)c(=O)c1C(=O)N1CCNC(=O)C12CCCC2. The molecule has 2 amide bonds. The lowest BCUT2D eigenvalue weighted by atomic mass is 9.90. The zero-order chi connectivity index (χ0) is 21.6.